The maximum atomic E-state index is 13.8. The second kappa shape index (κ2) is 6.65. The second-order valence-corrected chi connectivity index (χ2v) is 5.44. The minimum absolute atomic E-state index is 0.0897. The number of rotatable bonds is 6. The summed E-state index contributed by atoms with van der Waals surface area (Å²) < 4.78 is 27.3. The highest BCUT2D eigenvalue weighted by atomic mass is 32.1. The minimum Gasteiger partial charge on any atom is -0.368 e. The zero-order chi connectivity index (χ0) is 14.5. The summed E-state index contributed by atoms with van der Waals surface area (Å²) in [6.45, 7) is 3.00. The first kappa shape index (κ1) is 14.7. The van der Waals surface area contributed by atoms with Gasteiger partial charge in [-0.3, -0.25) is 0 Å². The third kappa shape index (κ3) is 3.45. The first-order chi connectivity index (χ1) is 9.61. The molecule has 0 aromatic carbocycles. The number of likely N-dealkylation sites (N-methyl/N-ethyl adjacent to an activating group) is 1. The number of anilines is 2. The Morgan fingerprint density at radius 1 is 1.35 bits per heavy atom. The fraction of sp³-hybridized carbons (Fsp3) is 0.357. The number of aromatic nitrogens is 1. The van der Waals surface area contributed by atoms with Crippen molar-refractivity contribution >= 4 is 23.0 Å². The van der Waals surface area contributed by atoms with Crippen molar-refractivity contribution in [1.29, 1.82) is 0 Å². The number of nitrogens with one attached hydrogen (secondary N) is 1. The Labute approximate surface area is 121 Å². The van der Waals surface area contributed by atoms with Crippen LogP contribution in [0.25, 0.3) is 0 Å². The van der Waals surface area contributed by atoms with E-state index in [0.29, 0.717) is 13.1 Å². The molecule has 0 bridgehead atoms. The molecule has 20 heavy (non-hydrogen) atoms. The van der Waals surface area contributed by atoms with Crippen molar-refractivity contribution in [2.75, 3.05) is 30.4 Å². The number of thiophene rings is 1. The lowest BCUT2D eigenvalue weighted by molar-refractivity contribution is 0.572. The van der Waals surface area contributed by atoms with E-state index >= 15 is 0 Å². The monoisotopic (exact) mass is 297 g/mol. The Kier molecular flexibility index (Phi) is 4.89. The standard InChI is InChI=1S/C14H17F2N3S/c1-3-17-13-11(15)9-12(16)14(18-13)19(2)7-6-10-5-4-8-20-10/h4-5,8-9H,3,6-7H2,1-2H3,(H,17,18). The van der Waals surface area contributed by atoms with Gasteiger partial charge in [0.05, 0.1) is 0 Å². The fourth-order valence-electron chi connectivity index (χ4n) is 1.85. The molecule has 0 aliphatic rings. The Balaban J connectivity index is 2.11. The zero-order valence-corrected chi connectivity index (χ0v) is 12.3. The molecule has 0 radical (unpaired) electrons. The van der Waals surface area contributed by atoms with Crippen LogP contribution in [0.1, 0.15) is 11.8 Å². The summed E-state index contributed by atoms with van der Waals surface area (Å²) in [6, 6.07) is 4.90. The zero-order valence-electron chi connectivity index (χ0n) is 11.5. The molecule has 108 valence electrons. The van der Waals surface area contributed by atoms with Gasteiger partial charge in [-0.05, 0) is 24.8 Å². The van der Waals surface area contributed by atoms with E-state index in [1.165, 1.54) is 4.88 Å². The lowest BCUT2D eigenvalue weighted by Gasteiger charge is -2.19. The van der Waals surface area contributed by atoms with Crippen molar-refractivity contribution in [2.24, 2.45) is 0 Å². The van der Waals surface area contributed by atoms with Crippen molar-refractivity contribution in [3.8, 4) is 0 Å². The van der Waals surface area contributed by atoms with E-state index in [-0.39, 0.29) is 11.6 Å². The van der Waals surface area contributed by atoms with Gasteiger partial charge in [-0.15, -0.1) is 11.3 Å². The van der Waals surface area contributed by atoms with Crippen LogP contribution in [-0.2, 0) is 6.42 Å². The van der Waals surface area contributed by atoms with E-state index in [1.807, 2.05) is 24.4 Å². The smallest absolute Gasteiger partial charge is 0.168 e. The van der Waals surface area contributed by atoms with Gasteiger partial charge < -0.3 is 10.2 Å². The largest absolute Gasteiger partial charge is 0.368 e. The first-order valence-corrected chi connectivity index (χ1v) is 7.33. The van der Waals surface area contributed by atoms with E-state index in [0.717, 1.165) is 12.5 Å². The number of halogens is 2. The van der Waals surface area contributed by atoms with Gasteiger partial charge in [0.15, 0.2) is 23.3 Å². The topological polar surface area (TPSA) is 28.2 Å². The van der Waals surface area contributed by atoms with Crippen LogP contribution in [-0.4, -0.2) is 25.1 Å². The van der Waals surface area contributed by atoms with Gasteiger partial charge in [-0.1, -0.05) is 6.07 Å². The molecule has 1 N–H and O–H groups in total. The maximum absolute atomic E-state index is 13.8. The van der Waals surface area contributed by atoms with E-state index in [9.17, 15) is 8.78 Å². The molecule has 0 aliphatic carbocycles. The fourth-order valence-corrected chi connectivity index (χ4v) is 2.55. The Morgan fingerprint density at radius 2 is 2.15 bits per heavy atom. The van der Waals surface area contributed by atoms with E-state index < -0.39 is 11.6 Å². The molecular formula is C14H17F2N3S. The minimum atomic E-state index is -0.667. The molecule has 3 nitrogen and oxygen atoms in total. The molecule has 0 fully saturated rings. The molecule has 0 saturated heterocycles. The van der Waals surface area contributed by atoms with Gasteiger partial charge in [-0.25, -0.2) is 13.8 Å². The molecule has 0 saturated carbocycles. The molecule has 0 atom stereocenters. The summed E-state index contributed by atoms with van der Waals surface area (Å²) in [5.74, 6) is -1.05. The lowest BCUT2D eigenvalue weighted by Crippen LogP contribution is -2.23. The average molecular weight is 297 g/mol. The van der Waals surface area contributed by atoms with Crippen LogP contribution in [0.2, 0.25) is 0 Å². The van der Waals surface area contributed by atoms with Crippen LogP contribution >= 0.6 is 11.3 Å². The maximum Gasteiger partial charge on any atom is 0.168 e. The highest BCUT2D eigenvalue weighted by Crippen LogP contribution is 2.22. The molecule has 0 spiro atoms. The number of pyridine rings is 1. The lowest BCUT2D eigenvalue weighted by atomic mass is 10.3. The van der Waals surface area contributed by atoms with E-state index in [2.05, 4.69) is 10.3 Å². The Hall–Kier alpha value is -1.69. The van der Waals surface area contributed by atoms with Crippen LogP contribution in [0.3, 0.4) is 0 Å². The van der Waals surface area contributed by atoms with Gasteiger partial charge in [0.2, 0.25) is 0 Å². The Bertz CT molecular complexity index is 558. The summed E-state index contributed by atoms with van der Waals surface area (Å²) in [4.78, 5) is 6.96. The van der Waals surface area contributed by atoms with Crippen LogP contribution in [0.4, 0.5) is 20.4 Å². The van der Waals surface area contributed by atoms with Crippen molar-refractivity contribution < 1.29 is 8.78 Å². The molecule has 2 heterocycles. The first-order valence-electron chi connectivity index (χ1n) is 6.45. The predicted molar refractivity (Wildman–Crippen MR) is 79.6 cm³/mol. The average Bonchev–Trinajstić information content (AvgIpc) is 2.92. The van der Waals surface area contributed by atoms with Crippen LogP contribution < -0.4 is 10.2 Å². The van der Waals surface area contributed by atoms with Crippen molar-refractivity contribution in [3.63, 3.8) is 0 Å². The molecule has 0 unspecified atom stereocenters. The normalized spacial score (nSPS) is 10.6. The highest BCUT2D eigenvalue weighted by molar-refractivity contribution is 7.09. The third-order valence-corrected chi connectivity index (χ3v) is 3.83. The van der Waals surface area contributed by atoms with Crippen molar-refractivity contribution in [1.82, 2.24) is 4.98 Å². The number of hydrogen-bond donors (Lipinski definition) is 1. The molecule has 2 aromatic rings. The summed E-state index contributed by atoms with van der Waals surface area (Å²) in [7, 11) is 1.76. The number of nitrogens with zero attached hydrogens (tertiary/aromatic N) is 2. The quantitative estimate of drug-likeness (QED) is 0.884. The molecule has 2 rings (SSSR count). The van der Waals surface area contributed by atoms with Gasteiger partial charge in [-0.2, -0.15) is 0 Å². The third-order valence-electron chi connectivity index (χ3n) is 2.89. The van der Waals surface area contributed by atoms with Gasteiger partial charge in [0.1, 0.15) is 0 Å². The molecular weight excluding hydrogens is 280 g/mol. The van der Waals surface area contributed by atoms with Crippen LogP contribution in [0.15, 0.2) is 23.6 Å². The van der Waals surface area contributed by atoms with Crippen molar-refractivity contribution in [2.45, 2.75) is 13.3 Å². The van der Waals surface area contributed by atoms with Gasteiger partial charge in [0, 0.05) is 31.1 Å². The summed E-state index contributed by atoms with van der Waals surface area (Å²) in [5.41, 5.74) is 0. The van der Waals surface area contributed by atoms with Gasteiger partial charge >= 0.3 is 0 Å². The summed E-state index contributed by atoms with van der Waals surface area (Å²) in [5, 5.41) is 4.80. The molecule has 0 amide bonds. The highest BCUT2D eigenvalue weighted by Gasteiger charge is 2.14. The molecule has 0 aliphatic heterocycles. The van der Waals surface area contributed by atoms with E-state index in [4.69, 9.17) is 0 Å². The predicted octanol–water partition coefficient (Wildman–Crippen LogP) is 3.53. The van der Waals surface area contributed by atoms with Crippen molar-refractivity contribution in [3.05, 3.63) is 40.1 Å². The number of hydrogen-bond acceptors (Lipinski definition) is 4. The summed E-state index contributed by atoms with van der Waals surface area (Å²) in [6.07, 6.45) is 0.809. The van der Waals surface area contributed by atoms with Gasteiger partial charge in [0.25, 0.3) is 0 Å². The van der Waals surface area contributed by atoms with Crippen LogP contribution in [0.5, 0.6) is 0 Å². The van der Waals surface area contributed by atoms with Crippen LogP contribution in [0, 0.1) is 11.6 Å². The molecule has 2 aromatic heterocycles. The van der Waals surface area contributed by atoms with E-state index in [1.54, 1.807) is 23.3 Å². The second-order valence-electron chi connectivity index (χ2n) is 4.41. The summed E-state index contributed by atoms with van der Waals surface area (Å²) >= 11 is 1.66. The Morgan fingerprint density at radius 3 is 2.80 bits per heavy atom. The molecule has 6 heteroatoms. The SMILES string of the molecule is CCNc1nc(N(C)CCc2cccs2)c(F)cc1F.